The number of nitrogens with one attached hydrogen (secondary N) is 1. The molecule has 18 heavy (non-hydrogen) atoms. The van der Waals surface area contributed by atoms with Gasteiger partial charge in [-0.05, 0) is 25.1 Å². The lowest BCUT2D eigenvalue weighted by atomic mass is 10.1. The van der Waals surface area contributed by atoms with E-state index in [1.54, 1.807) is 0 Å². The molecule has 0 aliphatic rings. The third-order valence-corrected chi connectivity index (χ3v) is 2.62. The van der Waals surface area contributed by atoms with Crippen LogP contribution >= 0.6 is 0 Å². The van der Waals surface area contributed by atoms with Gasteiger partial charge >= 0.3 is 5.97 Å². The van der Waals surface area contributed by atoms with Crippen molar-refractivity contribution >= 4 is 17.3 Å². The Kier molecular flexibility index (Phi) is 4.55. The SMILES string of the molecule is COC(=O)C(C)(O)CNc1cccc(N(C)C)c1. The van der Waals surface area contributed by atoms with Crippen LogP contribution in [0.3, 0.4) is 0 Å². The van der Waals surface area contributed by atoms with Gasteiger partial charge in [0.15, 0.2) is 5.60 Å². The van der Waals surface area contributed by atoms with Crippen molar-refractivity contribution in [3.05, 3.63) is 24.3 Å². The fourth-order valence-electron chi connectivity index (χ4n) is 1.46. The fraction of sp³-hybridized carbons (Fsp3) is 0.462. The second-order valence-electron chi connectivity index (χ2n) is 4.56. The maximum Gasteiger partial charge on any atom is 0.339 e. The summed E-state index contributed by atoms with van der Waals surface area (Å²) in [6.07, 6.45) is 0. The Morgan fingerprint density at radius 1 is 1.50 bits per heavy atom. The van der Waals surface area contributed by atoms with Crippen molar-refractivity contribution in [3.63, 3.8) is 0 Å². The van der Waals surface area contributed by atoms with Gasteiger partial charge in [0.25, 0.3) is 0 Å². The topological polar surface area (TPSA) is 61.8 Å². The lowest BCUT2D eigenvalue weighted by molar-refractivity contribution is -0.158. The first-order valence-electron chi connectivity index (χ1n) is 5.69. The van der Waals surface area contributed by atoms with Crippen molar-refractivity contribution in [2.24, 2.45) is 0 Å². The van der Waals surface area contributed by atoms with Gasteiger partial charge in [-0.3, -0.25) is 0 Å². The van der Waals surface area contributed by atoms with Crippen molar-refractivity contribution < 1.29 is 14.6 Å². The van der Waals surface area contributed by atoms with Crippen molar-refractivity contribution in [1.29, 1.82) is 0 Å². The van der Waals surface area contributed by atoms with Crippen LogP contribution in [-0.2, 0) is 9.53 Å². The van der Waals surface area contributed by atoms with Gasteiger partial charge in [0.2, 0.25) is 0 Å². The third-order valence-electron chi connectivity index (χ3n) is 2.62. The first kappa shape index (κ1) is 14.3. The van der Waals surface area contributed by atoms with Gasteiger partial charge in [0.1, 0.15) is 0 Å². The minimum atomic E-state index is -1.54. The third kappa shape index (κ3) is 3.63. The quantitative estimate of drug-likeness (QED) is 0.768. The molecule has 1 rings (SSSR count). The summed E-state index contributed by atoms with van der Waals surface area (Å²) in [7, 11) is 5.15. The lowest BCUT2D eigenvalue weighted by Gasteiger charge is -2.21. The van der Waals surface area contributed by atoms with Crippen molar-refractivity contribution in [3.8, 4) is 0 Å². The van der Waals surface area contributed by atoms with E-state index >= 15 is 0 Å². The van der Waals surface area contributed by atoms with Gasteiger partial charge in [0, 0.05) is 25.5 Å². The van der Waals surface area contributed by atoms with E-state index in [9.17, 15) is 9.90 Å². The van der Waals surface area contributed by atoms with Crippen molar-refractivity contribution in [2.75, 3.05) is 38.0 Å². The smallest absolute Gasteiger partial charge is 0.339 e. The molecule has 0 aliphatic heterocycles. The molecule has 5 nitrogen and oxygen atoms in total. The molecule has 1 atom stereocenters. The number of aliphatic hydroxyl groups is 1. The first-order valence-corrected chi connectivity index (χ1v) is 5.69. The van der Waals surface area contributed by atoms with Crippen LogP contribution in [-0.4, -0.2) is 44.4 Å². The van der Waals surface area contributed by atoms with Gasteiger partial charge in [-0.25, -0.2) is 4.79 Å². The number of carbonyl (C=O) groups is 1. The summed E-state index contributed by atoms with van der Waals surface area (Å²) in [5.74, 6) is -0.654. The number of rotatable bonds is 5. The van der Waals surface area contributed by atoms with Gasteiger partial charge < -0.3 is 20.1 Å². The molecule has 1 unspecified atom stereocenters. The zero-order valence-electron chi connectivity index (χ0n) is 11.2. The van der Waals surface area contributed by atoms with Gasteiger partial charge in [-0.1, -0.05) is 6.07 Å². The van der Waals surface area contributed by atoms with Crippen LogP contribution in [0, 0.1) is 0 Å². The highest BCUT2D eigenvalue weighted by Crippen LogP contribution is 2.18. The van der Waals surface area contributed by atoms with Crippen LogP contribution in [0.25, 0.3) is 0 Å². The monoisotopic (exact) mass is 252 g/mol. The molecule has 0 saturated carbocycles. The number of hydrogen-bond acceptors (Lipinski definition) is 5. The second kappa shape index (κ2) is 5.73. The predicted octanol–water partition coefficient (Wildman–Crippen LogP) is 1.09. The Labute approximate surface area is 107 Å². The summed E-state index contributed by atoms with van der Waals surface area (Å²) in [6.45, 7) is 1.51. The van der Waals surface area contributed by atoms with Crippen LogP contribution in [0.5, 0.6) is 0 Å². The minimum absolute atomic E-state index is 0.0938. The molecule has 0 heterocycles. The van der Waals surface area contributed by atoms with Crippen LogP contribution in [0.2, 0.25) is 0 Å². The summed E-state index contributed by atoms with van der Waals surface area (Å²) in [5.41, 5.74) is 0.339. The van der Waals surface area contributed by atoms with E-state index in [-0.39, 0.29) is 6.54 Å². The summed E-state index contributed by atoms with van der Waals surface area (Å²) in [6, 6.07) is 7.70. The Morgan fingerprint density at radius 3 is 2.72 bits per heavy atom. The molecule has 0 spiro atoms. The normalized spacial score (nSPS) is 13.6. The Morgan fingerprint density at radius 2 is 2.17 bits per heavy atom. The highest BCUT2D eigenvalue weighted by molar-refractivity contribution is 5.79. The van der Waals surface area contributed by atoms with Crippen LogP contribution in [0.1, 0.15) is 6.92 Å². The van der Waals surface area contributed by atoms with Crippen molar-refractivity contribution in [2.45, 2.75) is 12.5 Å². The Balaban J connectivity index is 2.69. The molecule has 2 N–H and O–H groups in total. The molecule has 0 radical (unpaired) electrons. The lowest BCUT2D eigenvalue weighted by Crippen LogP contribution is -2.42. The second-order valence-corrected chi connectivity index (χ2v) is 4.56. The maximum absolute atomic E-state index is 11.3. The zero-order valence-corrected chi connectivity index (χ0v) is 11.2. The standard InChI is InChI=1S/C13H20N2O3/c1-13(17,12(16)18-4)9-14-10-6-5-7-11(8-10)15(2)3/h5-8,14,17H,9H2,1-4H3. The van der Waals surface area contributed by atoms with Gasteiger partial charge in [-0.2, -0.15) is 0 Å². The minimum Gasteiger partial charge on any atom is -0.467 e. The molecule has 0 aliphatic carbocycles. The van der Waals surface area contributed by atoms with E-state index in [4.69, 9.17) is 0 Å². The van der Waals surface area contributed by atoms with Gasteiger partial charge in [-0.15, -0.1) is 0 Å². The van der Waals surface area contributed by atoms with Crippen molar-refractivity contribution in [1.82, 2.24) is 0 Å². The molecule has 100 valence electrons. The number of carbonyl (C=O) groups excluding carboxylic acids is 1. The highest BCUT2D eigenvalue weighted by atomic mass is 16.5. The molecule has 1 aromatic carbocycles. The van der Waals surface area contributed by atoms with E-state index in [2.05, 4.69) is 10.1 Å². The number of hydrogen-bond donors (Lipinski definition) is 2. The summed E-state index contributed by atoms with van der Waals surface area (Å²) in [4.78, 5) is 13.3. The first-order chi connectivity index (χ1) is 8.36. The molecule has 0 saturated heterocycles. The number of nitrogens with zero attached hydrogens (tertiary/aromatic N) is 1. The number of anilines is 2. The van der Waals surface area contributed by atoms with E-state index in [0.29, 0.717) is 0 Å². The molecule has 0 fully saturated rings. The van der Waals surface area contributed by atoms with Crippen LogP contribution in [0.4, 0.5) is 11.4 Å². The summed E-state index contributed by atoms with van der Waals surface area (Å²) in [5, 5.41) is 12.9. The molecule has 0 bridgehead atoms. The van der Waals surface area contributed by atoms with E-state index in [1.165, 1.54) is 14.0 Å². The average Bonchev–Trinajstić information content (AvgIpc) is 2.35. The van der Waals surface area contributed by atoms with Gasteiger partial charge in [0.05, 0.1) is 13.7 Å². The number of ether oxygens (including phenoxy) is 1. The summed E-state index contributed by atoms with van der Waals surface area (Å²) >= 11 is 0. The van der Waals surface area contributed by atoms with E-state index < -0.39 is 11.6 Å². The molecule has 5 heteroatoms. The zero-order chi connectivity index (χ0) is 13.8. The summed E-state index contributed by atoms with van der Waals surface area (Å²) < 4.78 is 4.53. The van der Waals surface area contributed by atoms with Crippen LogP contribution < -0.4 is 10.2 Å². The molecule has 0 aromatic heterocycles. The van der Waals surface area contributed by atoms with E-state index in [1.807, 2.05) is 43.3 Å². The molecular weight excluding hydrogens is 232 g/mol. The Hall–Kier alpha value is -1.75. The fourth-order valence-corrected chi connectivity index (χ4v) is 1.46. The maximum atomic E-state index is 11.3. The Bertz CT molecular complexity index is 416. The average molecular weight is 252 g/mol. The molecular formula is C13H20N2O3. The number of esters is 1. The predicted molar refractivity (Wildman–Crippen MR) is 71.9 cm³/mol. The molecule has 0 amide bonds. The van der Waals surface area contributed by atoms with E-state index in [0.717, 1.165) is 11.4 Å². The largest absolute Gasteiger partial charge is 0.467 e. The number of benzene rings is 1. The van der Waals surface area contributed by atoms with Crippen LogP contribution in [0.15, 0.2) is 24.3 Å². The number of methoxy groups -OCH3 is 1. The molecule has 1 aromatic rings. The highest BCUT2D eigenvalue weighted by Gasteiger charge is 2.31.